The molecule has 152 valence electrons. The van der Waals surface area contributed by atoms with Crippen LogP contribution < -0.4 is 15.5 Å². The molecule has 0 unspecified atom stereocenters. The molecule has 0 spiro atoms. The highest BCUT2D eigenvalue weighted by Gasteiger charge is 2.16. The van der Waals surface area contributed by atoms with Gasteiger partial charge in [0.15, 0.2) is 5.96 Å². The molecular weight excluding hydrogens is 338 g/mol. The molecule has 0 bridgehead atoms. The van der Waals surface area contributed by atoms with Crippen molar-refractivity contribution < 1.29 is 4.74 Å². The Bertz CT molecular complexity index is 550. The number of hydrogen-bond donors (Lipinski definition) is 2. The van der Waals surface area contributed by atoms with Crippen LogP contribution in [0.5, 0.6) is 0 Å². The van der Waals surface area contributed by atoms with Crippen LogP contribution in [0, 0.1) is 11.8 Å². The molecule has 2 N–H and O–H groups in total. The van der Waals surface area contributed by atoms with Gasteiger partial charge in [0.2, 0.25) is 0 Å². The van der Waals surface area contributed by atoms with E-state index in [4.69, 9.17) is 4.74 Å². The van der Waals surface area contributed by atoms with Gasteiger partial charge in [0.25, 0.3) is 0 Å². The first kappa shape index (κ1) is 21.5. The SMILES string of the molecule is CN=C(NCCCOCC(C)C)NCc1ccc(N2CCC(C)CC2)nc1. The maximum absolute atomic E-state index is 5.59. The minimum Gasteiger partial charge on any atom is -0.381 e. The number of piperidine rings is 1. The predicted octanol–water partition coefficient (Wildman–Crippen LogP) is 3.05. The molecule has 2 heterocycles. The van der Waals surface area contributed by atoms with Gasteiger partial charge in [0.1, 0.15) is 5.82 Å². The topological polar surface area (TPSA) is 61.8 Å². The summed E-state index contributed by atoms with van der Waals surface area (Å²) in [7, 11) is 1.79. The highest BCUT2D eigenvalue weighted by molar-refractivity contribution is 5.79. The van der Waals surface area contributed by atoms with Gasteiger partial charge in [-0.25, -0.2) is 4.98 Å². The van der Waals surface area contributed by atoms with Crippen LogP contribution in [-0.2, 0) is 11.3 Å². The number of hydrogen-bond acceptors (Lipinski definition) is 4. The molecule has 0 aromatic carbocycles. The maximum atomic E-state index is 5.59. The number of aliphatic imine (C=N–C) groups is 1. The second-order valence-electron chi connectivity index (χ2n) is 7.87. The van der Waals surface area contributed by atoms with Crippen LogP contribution in [0.3, 0.4) is 0 Å². The van der Waals surface area contributed by atoms with Crippen LogP contribution in [0.2, 0.25) is 0 Å². The number of nitrogens with one attached hydrogen (secondary N) is 2. The van der Waals surface area contributed by atoms with Gasteiger partial charge in [0.05, 0.1) is 0 Å². The third-order valence-corrected chi connectivity index (χ3v) is 4.81. The fourth-order valence-electron chi connectivity index (χ4n) is 3.05. The zero-order chi connectivity index (χ0) is 19.5. The molecule has 2 rings (SSSR count). The molecule has 0 saturated carbocycles. The first-order valence-electron chi connectivity index (χ1n) is 10.3. The Balaban J connectivity index is 1.67. The average molecular weight is 376 g/mol. The number of aromatic nitrogens is 1. The van der Waals surface area contributed by atoms with Gasteiger partial charge in [-0.1, -0.05) is 26.8 Å². The van der Waals surface area contributed by atoms with Crippen molar-refractivity contribution in [2.75, 3.05) is 44.8 Å². The van der Waals surface area contributed by atoms with Crippen molar-refractivity contribution in [2.24, 2.45) is 16.8 Å². The summed E-state index contributed by atoms with van der Waals surface area (Å²) in [6, 6.07) is 4.29. The lowest BCUT2D eigenvalue weighted by molar-refractivity contribution is 0.108. The first-order valence-corrected chi connectivity index (χ1v) is 10.3. The molecule has 6 heteroatoms. The van der Waals surface area contributed by atoms with Crippen molar-refractivity contribution in [1.82, 2.24) is 15.6 Å². The van der Waals surface area contributed by atoms with Crippen LogP contribution in [-0.4, -0.2) is 50.8 Å². The summed E-state index contributed by atoms with van der Waals surface area (Å²) in [5.41, 5.74) is 1.16. The lowest BCUT2D eigenvalue weighted by Gasteiger charge is -2.31. The van der Waals surface area contributed by atoms with Crippen molar-refractivity contribution in [3.63, 3.8) is 0 Å². The van der Waals surface area contributed by atoms with Gasteiger partial charge in [-0.2, -0.15) is 0 Å². The van der Waals surface area contributed by atoms with E-state index >= 15 is 0 Å². The smallest absolute Gasteiger partial charge is 0.191 e. The molecule has 1 aromatic heterocycles. The van der Waals surface area contributed by atoms with Crippen molar-refractivity contribution in [3.8, 4) is 0 Å². The average Bonchev–Trinajstić information content (AvgIpc) is 2.67. The normalized spacial score (nSPS) is 16.0. The molecule has 0 atom stereocenters. The second-order valence-corrected chi connectivity index (χ2v) is 7.87. The van der Waals surface area contributed by atoms with Crippen molar-refractivity contribution in [2.45, 2.75) is 46.6 Å². The summed E-state index contributed by atoms with van der Waals surface area (Å²) < 4.78 is 5.59. The fraction of sp³-hybridized carbons (Fsp3) is 0.714. The summed E-state index contributed by atoms with van der Waals surface area (Å²) in [6.45, 7) is 12.1. The Hall–Kier alpha value is -1.82. The number of anilines is 1. The van der Waals surface area contributed by atoms with E-state index in [1.54, 1.807) is 7.05 Å². The van der Waals surface area contributed by atoms with Crippen molar-refractivity contribution in [3.05, 3.63) is 23.9 Å². The Morgan fingerprint density at radius 3 is 2.70 bits per heavy atom. The van der Waals surface area contributed by atoms with E-state index in [1.165, 1.54) is 12.8 Å². The number of pyridine rings is 1. The van der Waals surface area contributed by atoms with E-state index in [0.717, 1.165) is 62.5 Å². The largest absolute Gasteiger partial charge is 0.381 e. The first-order chi connectivity index (χ1) is 13.1. The lowest BCUT2D eigenvalue weighted by Crippen LogP contribution is -2.37. The van der Waals surface area contributed by atoms with Gasteiger partial charge in [0, 0.05) is 52.6 Å². The molecule has 1 fully saturated rings. The molecule has 0 radical (unpaired) electrons. The third-order valence-electron chi connectivity index (χ3n) is 4.81. The minimum absolute atomic E-state index is 0.589. The van der Waals surface area contributed by atoms with E-state index in [2.05, 4.69) is 58.4 Å². The summed E-state index contributed by atoms with van der Waals surface area (Å²) in [6.07, 6.45) is 5.45. The van der Waals surface area contributed by atoms with Gasteiger partial charge < -0.3 is 20.3 Å². The molecule has 0 aliphatic carbocycles. The van der Waals surface area contributed by atoms with Gasteiger partial charge in [-0.3, -0.25) is 4.99 Å². The van der Waals surface area contributed by atoms with E-state index < -0.39 is 0 Å². The maximum Gasteiger partial charge on any atom is 0.191 e. The molecule has 27 heavy (non-hydrogen) atoms. The molecule has 1 saturated heterocycles. The molecule has 1 aliphatic rings. The van der Waals surface area contributed by atoms with Crippen LogP contribution >= 0.6 is 0 Å². The van der Waals surface area contributed by atoms with E-state index in [9.17, 15) is 0 Å². The van der Waals surface area contributed by atoms with Crippen molar-refractivity contribution in [1.29, 1.82) is 0 Å². The monoisotopic (exact) mass is 375 g/mol. The molecule has 1 aliphatic heterocycles. The molecular formula is C21H37N5O. The predicted molar refractivity (Wildman–Crippen MR) is 113 cm³/mol. The fourth-order valence-corrected chi connectivity index (χ4v) is 3.05. The van der Waals surface area contributed by atoms with Crippen LogP contribution in [0.1, 0.15) is 45.6 Å². The van der Waals surface area contributed by atoms with E-state index in [-0.39, 0.29) is 0 Å². The molecule has 6 nitrogen and oxygen atoms in total. The zero-order valence-electron chi connectivity index (χ0n) is 17.5. The Morgan fingerprint density at radius 1 is 1.30 bits per heavy atom. The Labute approximate surface area is 164 Å². The standard InChI is InChI=1S/C21H37N5O/c1-17(2)16-27-13-5-10-23-21(22-4)25-15-19-6-7-20(24-14-19)26-11-8-18(3)9-12-26/h6-7,14,17-18H,5,8-13,15-16H2,1-4H3,(H2,22,23,25). The second kappa shape index (κ2) is 11.8. The van der Waals surface area contributed by atoms with Gasteiger partial charge in [-0.15, -0.1) is 0 Å². The van der Waals surface area contributed by atoms with Crippen LogP contribution in [0.4, 0.5) is 5.82 Å². The summed E-state index contributed by atoms with van der Waals surface area (Å²) in [5.74, 6) is 3.33. The Kier molecular flexibility index (Phi) is 9.39. The quantitative estimate of drug-likeness (QED) is 0.395. The lowest BCUT2D eigenvalue weighted by atomic mass is 9.99. The highest BCUT2D eigenvalue weighted by Crippen LogP contribution is 2.21. The number of nitrogens with zero attached hydrogens (tertiary/aromatic N) is 3. The van der Waals surface area contributed by atoms with Crippen LogP contribution in [0.15, 0.2) is 23.3 Å². The van der Waals surface area contributed by atoms with E-state index in [1.807, 2.05) is 6.20 Å². The summed E-state index contributed by atoms with van der Waals surface area (Å²) >= 11 is 0. The summed E-state index contributed by atoms with van der Waals surface area (Å²) in [4.78, 5) is 11.3. The third kappa shape index (κ3) is 8.16. The number of guanidine groups is 1. The zero-order valence-corrected chi connectivity index (χ0v) is 17.5. The summed E-state index contributed by atoms with van der Waals surface area (Å²) in [5, 5.41) is 6.67. The number of rotatable bonds is 9. The van der Waals surface area contributed by atoms with Gasteiger partial charge >= 0.3 is 0 Å². The Morgan fingerprint density at radius 2 is 2.07 bits per heavy atom. The number of ether oxygens (including phenoxy) is 1. The van der Waals surface area contributed by atoms with Gasteiger partial charge in [-0.05, 0) is 42.7 Å². The molecule has 1 aromatic rings. The minimum atomic E-state index is 0.589. The van der Waals surface area contributed by atoms with Crippen molar-refractivity contribution >= 4 is 11.8 Å². The van der Waals surface area contributed by atoms with E-state index in [0.29, 0.717) is 12.5 Å². The highest BCUT2D eigenvalue weighted by atomic mass is 16.5. The molecule has 0 amide bonds. The van der Waals surface area contributed by atoms with Crippen LogP contribution in [0.25, 0.3) is 0 Å².